The third-order valence-corrected chi connectivity index (χ3v) is 7.03. The Kier molecular flexibility index (Phi) is 7.12. The maximum atomic E-state index is 13.0. The maximum absolute atomic E-state index is 13.0. The molecular weight excluding hydrogens is 533 g/mol. The van der Waals surface area contributed by atoms with E-state index in [1.807, 2.05) is 35.2 Å². The van der Waals surface area contributed by atoms with Crippen molar-refractivity contribution in [3.05, 3.63) is 78.2 Å². The number of alkyl halides is 3. The minimum absolute atomic E-state index is 0.188. The minimum atomic E-state index is -4.39. The summed E-state index contributed by atoms with van der Waals surface area (Å²) in [6.07, 6.45) is 1.20. The number of nitrogens with zero attached hydrogens (tertiary/aromatic N) is 6. The van der Waals surface area contributed by atoms with Crippen LogP contribution in [0.3, 0.4) is 0 Å². The first-order valence-corrected chi connectivity index (χ1v) is 13.4. The van der Waals surface area contributed by atoms with Gasteiger partial charge < -0.3 is 20.1 Å². The van der Waals surface area contributed by atoms with Gasteiger partial charge >= 0.3 is 6.18 Å². The molecule has 0 atom stereocenters. The summed E-state index contributed by atoms with van der Waals surface area (Å²) in [5, 5.41) is 7.57. The van der Waals surface area contributed by atoms with E-state index in [0.29, 0.717) is 48.0 Å². The number of hydrogen-bond acceptors (Lipinski definition) is 7. The van der Waals surface area contributed by atoms with E-state index in [-0.39, 0.29) is 12.5 Å². The summed E-state index contributed by atoms with van der Waals surface area (Å²) in [5.74, 6) is 1.06. The zero-order valence-electron chi connectivity index (χ0n) is 22.0. The number of amides is 1. The van der Waals surface area contributed by atoms with Gasteiger partial charge in [0.1, 0.15) is 0 Å². The molecule has 1 fully saturated rings. The first-order chi connectivity index (χ1) is 19.8. The lowest BCUT2D eigenvalue weighted by Gasteiger charge is -2.16. The predicted octanol–water partition coefficient (Wildman–Crippen LogP) is 5.61. The number of halogens is 3. The van der Waals surface area contributed by atoms with E-state index in [9.17, 15) is 18.0 Å². The summed E-state index contributed by atoms with van der Waals surface area (Å²) in [4.78, 5) is 32.1. The number of nitrogens with one attached hydrogen (secondary N) is 2. The van der Waals surface area contributed by atoms with Crippen LogP contribution >= 0.6 is 0 Å². The second-order valence-corrected chi connectivity index (χ2v) is 9.94. The van der Waals surface area contributed by atoms with Crippen molar-refractivity contribution in [2.75, 3.05) is 30.3 Å². The Hall–Kier alpha value is -4.74. The van der Waals surface area contributed by atoms with Gasteiger partial charge in [-0.25, -0.2) is 4.98 Å². The fourth-order valence-corrected chi connectivity index (χ4v) is 4.93. The lowest BCUT2D eigenvalue weighted by atomic mass is 10.1. The molecule has 6 rings (SSSR count). The van der Waals surface area contributed by atoms with E-state index in [2.05, 4.69) is 25.6 Å². The summed E-state index contributed by atoms with van der Waals surface area (Å²) in [5.41, 5.74) is 2.69. The fraction of sp³-hybridized carbons (Fsp3) is 0.276. The maximum Gasteiger partial charge on any atom is 0.416 e. The van der Waals surface area contributed by atoms with Crippen molar-refractivity contribution in [2.45, 2.75) is 32.0 Å². The number of aromatic nitrogens is 5. The summed E-state index contributed by atoms with van der Waals surface area (Å²) in [6.45, 7) is 2.31. The number of fused-ring (bicyclic) bond motifs is 2. The van der Waals surface area contributed by atoms with Crippen molar-refractivity contribution < 1.29 is 18.0 Å². The summed E-state index contributed by atoms with van der Waals surface area (Å²) < 4.78 is 40.9. The molecule has 0 bridgehead atoms. The van der Waals surface area contributed by atoms with Crippen LogP contribution in [-0.2, 0) is 17.5 Å². The van der Waals surface area contributed by atoms with Crippen LogP contribution in [0.4, 0.5) is 30.6 Å². The molecule has 1 amide bonds. The Bertz CT molecular complexity index is 1700. The molecule has 2 aromatic carbocycles. The van der Waals surface area contributed by atoms with E-state index in [4.69, 9.17) is 4.98 Å². The number of imidazole rings is 1. The number of likely N-dealkylation sites (tertiary alicyclic amines) is 1. The number of anilines is 3. The highest BCUT2D eigenvalue weighted by Crippen LogP contribution is 2.30. The summed E-state index contributed by atoms with van der Waals surface area (Å²) >= 11 is 0. The lowest BCUT2D eigenvalue weighted by Crippen LogP contribution is -2.27. The smallest absolute Gasteiger partial charge is 0.368 e. The molecule has 1 aliphatic rings. The van der Waals surface area contributed by atoms with Crippen LogP contribution in [0.15, 0.2) is 67.1 Å². The van der Waals surface area contributed by atoms with Crippen LogP contribution < -0.4 is 10.6 Å². The predicted molar refractivity (Wildman–Crippen MR) is 150 cm³/mol. The highest BCUT2D eigenvalue weighted by atomic mass is 19.4. The van der Waals surface area contributed by atoms with Crippen molar-refractivity contribution >= 4 is 45.4 Å². The van der Waals surface area contributed by atoms with Gasteiger partial charge in [0.05, 0.1) is 24.0 Å². The number of carbonyl (C=O) groups is 1. The molecule has 9 nitrogen and oxygen atoms in total. The quantitative estimate of drug-likeness (QED) is 0.226. The second kappa shape index (κ2) is 11.0. The average molecular weight is 561 g/mol. The van der Waals surface area contributed by atoms with Crippen LogP contribution in [-0.4, -0.2) is 54.9 Å². The van der Waals surface area contributed by atoms with E-state index in [1.165, 1.54) is 12.1 Å². The molecule has 12 heteroatoms. The van der Waals surface area contributed by atoms with Crippen molar-refractivity contribution in [3.63, 3.8) is 0 Å². The minimum Gasteiger partial charge on any atom is -0.368 e. The monoisotopic (exact) mass is 560 g/mol. The Balaban J connectivity index is 1.27. The van der Waals surface area contributed by atoms with Crippen molar-refractivity contribution in [3.8, 4) is 0 Å². The molecule has 41 heavy (non-hydrogen) atoms. The van der Waals surface area contributed by atoms with E-state index in [1.54, 1.807) is 17.1 Å². The first kappa shape index (κ1) is 26.5. The third-order valence-electron chi connectivity index (χ3n) is 7.03. The van der Waals surface area contributed by atoms with Gasteiger partial charge in [0.15, 0.2) is 17.0 Å². The van der Waals surface area contributed by atoms with Crippen LogP contribution in [0, 0.1) is 0 Å². The molecule has 2 N–H and O–H groups in total. The third kappa shape index (κ3) is 5.91. The lowest BCUT2D eigenvalue weighted by molar-refractivity contribution is -0.137. The highest BCUT2D eigenvalue weighted by molar-refractivity contribution is 5.86. The molecule has 3 aromatic heterocycles. The van der Waals surface area contributed by atoms with Gasteiger partial charge in [-0.05, 0) is 54.8 Å². The van der Waals surface area contributed by atoms with Crippen molar-refractivity contribution in [2.24, 2.45) is 0 Å². The second-order valence-electron chi connectivity index (χ2n) is 9.94. The largest absolute Gasteiger partial charge is 0.416 e. The number of pyridine rings is 1. The van der Waals surface area contributed by atoms with Crippen LogP contribution in [0.25, 0.3) is 22.1 Å². The van der Waals surface area contributed by atoms with Crippen molar-refractivity contribution in [1.82, 2.24) is 29.4 Å². The van der Waals surface area contributed by atoms with Gasteiger partial charge in [-0.15, -0.1) is 0 Å². The molecule has 4 heterocycles. The SMILES string of the molecule is O=C1CCCN1CCCNc1nc(Nc2ccc3ncccc3c2)nc2c1ncn2Cc1ccc(C(F)(F)F)cc1. The molecule has 5 aromatic rings. The fourth-order valence-electron chi connectivity index (χ4n) is 4.93. The van der Waals surface area contributed by atoms with Crippen LogP contribution in [0.1, 0.15) is 30.4 Å². The molecule has 210 valence electrons. The molecule has 1 saturated heterocycles. The van der Waals surface area contributed by atoms with Gasteiger partial charge in [0.25, 0.3) is 0 Å². The van der Waals surface area contributed by atoms with Crippen LogP contribution in [0.2, 0.25) is 0 Å². The Morgan fingerprint density at radius 2 is 1.85 bits per heavy atom. The number of hydrogen-bond donors (Lipinski definition) is 2. The molecule has 0 radical (unpaired) electrons. The molecule has 0 saturated carbocycles. The van der Waals surface area contributed by atoms with Crippen LogP contribution in [0.5, 0.6) is 0 Å². The Labute approximate surface area is 233 Å². The number of rotatable bonds is 9. The molecule has 0 spiro atoms. The summed E-state index contributed by atoms with van der Waals surface area (Å²) in [7, 11) is 0. The molecular formula is C29H27F3N8O. The molecule has 0 aliphatic carbocycles. The van der Waals surface area contributed by atoms with Gasteiger partial charge in [0.2, 0.25) is 11.9 Å². The van der Waals surface area contributed by atoms with Crippen molar-refractivity contribution in [1.29, 1.82) is 0 Å². The zero-order valence-corrected chi connectivity index (χ0v) is 22.0. The number of benzene rings is 2. The van der Waals surface area contributed by atoms with Gasteiger partial charge in [-0.1, -0.05) is 18.2 Å². The zero-order chi connectivity index (χ0) is 28.4. The number of carbonyl (C=O) groups excluding carboxylic acids is 1. The molecule has 0 unspecified atom stereocenters. The Morgan fingerprint density at radius 3 is 2.63 bits per heavy atom. The summed E-state index contributed by atoms with van der Waals surface area (Å²) in [6, 6.07) is 14.6. The Morgan fingerprint density at radius 1 is 1.00 bits per heavy atom. The highest BCUT2D eigenvalue weighted by Gasteiger charge is 2.30. The first-order valence-electron chi connectivity index (χ1n) is 13.4. The van der Waals surface area contributed by atoms with Gasteiger partial charge in [-0.2, -0.15) is 23.1 Å². The standard InChI is InChI=1S/C29H27F3N8O/c30-29(31,32)21-8-6-19(7-9-21)17-40-18-35-25-26(34-13-3-15-39-14-2-5-24(39)41)37-28(38-27(25)40)36-22-10-11-23-20(16-22)4-1-12-33-23/h1,4,6-12,16,18H,2-3,5,13-15,17H2,(H2,34,36,37,38). The van der Waals surface area contributed by atoms with Gasteiger partial charge in [0, 0.05) is 43.3 Å². The molecule has 1 aliphatic heterocycles. The topological polar surface area (TPSA) is 101 Å². The normalized spacial score (nSPS) is 13.8. The van der Waals surface area contributed by atoms with E-state index < -0.39 is 11.7 Å². The van der Waals surface area contributed by atoms with Gasteiger partial charge in [-0.3, -0.25) is 9.78 Å². The average Bonchev–Trinajstić information content (AvgIpc) is 3.56. The van der Waals surface area contributed by atoms with E-state index in [0.717, 1.165) is 48.1 Å². The van der Waals surface area contributed by atoms with E-state index >= 15 is 0 Å².